The molecule has 0 aromatic heterocycles. The van der Waals surface area contributed by atoms with Gasteiger partial charge in [0.25, 0.3) is 5.91 Å². The highest BCUT2D eigenvalue weighted by Gasteiger charge is 2.34. The van der Waals surface area contributed by atoms with Gasteiger partial charge in [0.2, 0.25) is 0 Å². The molecule has 0 unspecified atom stereocenters. The zero-order valence-corrected chi connectivity index (χ0v) is 13.7. The second-order valence-electron chi connectivity index (χ2n) is 5.20. The van der Waals surface area contributed by atoms with Crippen LogP contribution in [0.25, 0.3) is 0 Å². The van der Waals surface area contributed by atoms with Crippen molar-refractivity contribution in [3.05, 3.63) is 58.6 Å². The second kappa shape index (κ2) is 7.13. The normalized spacial score (nSPS) is 12.6. The van der Waals surface area contributed by atoms with Crippen LogP contribution in [0.15, 0.2) is 42.5 Å². The largest absolute Gasteiger partial charge is 0.481 e. The summed E-state index contributed by atoms with van der Waals surface area (Å²) in [5.41, 5.74) is -0.449. The van der Waals surface area contributed by atoms with Crippen molar-refractivity contribution in [1.29, 1.82) is 0 Å². The molecule has 7 heteroatoms. The number of anilines is 1. The molecule has 1 atom stereocenters. The van der Waals surface area contributed by atoms with Crippen molar-refractivity contribution < 1.29 is 22.7 Å². The molecule has 24 heavy (non-hydrogen) atoms. The molecule has 0 spiro atoms. The van der Waals surface area contributed by atoms with Crippen LogP contribution in [-0.2, 0) is 11.0 Å². The molecule has 0 aliphatic heterocycles. The van der Waals surface area contributed by atoms with Crippen LogP contribution in [0.4, 0.5) is 18.9 Å². The Morgan fingerprint density at radius 1 is 1.21 bits per heavy atom. The predicted molar refractivity (Wildman–Crippen MR) is 86.4 cm³/mol. The molecule has 1 N–H and O–H groups in total. The number of hydrogen-bond donors (Lipinski definition) is 1. The van der Waals surface area contributed by atoms with Crippen LogP contribution in [-0.4, -0.2) is 12.0 Å². The third-order valence-corrected chi connectivity index (χ3v) is 3.73. The minimum atomic E-state index is -4.55. The maximum absolute atomic E-state index is 12.9. The summed E-state index contributed by atoms with van der Waals surface area (Å²) in [7, 11) is 0. The van der Waals surface area contributed by atoms with Gasteiger partial charge in [-0.15, -0.1) is 0 Å². The lowest BCUT2D eigenvalue weighted by Gasteiger charge is -2.17. The first kappa shape index (κ1) is 18.1. The Hall–Kier alpha value is -2.21. The Bertz CT molecular complexity index is 747. The molecule has 0 bridgehead atoms. The molecule has 2 aromatic rings. The molecule has 0 saturated heterocycles. The van der Waals surface area contributed by atoms with E-state index in [4.69, 9.17) is 16.3 Å². The van der Waals surface area contributed by atoms with Gasteiger partial charge < -0.3 is 10.1 Å². The summed E-state index contributed by atoms with van der Waals surface area (Å²) in [6.07, 6.45) is -5.53. The molecule has 0 aliphatic carbocycles. The first-order valence-electron chi connectivity index (χ1n) is 7.08. The van der Waals surface area contributed by atoms with Gasteiger partial charge in [-0.1, -0.05) is 23.7 Å². The summed E-state index contributed by atoms with van der Waals surface area (Å²) < 4.78 is 44.3. The van der Waals surface area contributed by atoms with Gasteiger partial charge in [0.15, 0.2) is 6.10 Å². The molecule has 0 heterocycles. The van der Waals surface area contributed by atoms with E-state index in [1.54, 1.807) is 25.1 Å². The smallest absolute Gasteiger partial charge is 0.418 e. The Balaban J connectivity index is 2.11. The quantitative estimate of drug-likeness (QED) is 0.829. The predicted octanol–water partition coefficient (Wildman–Crippen LogP) is 5.07. The van der Waals surface area contributed by atoms with Crippen LogP contribution >= 0.6 is 11.6 Å². The third kappa shape index (κ3) is 4.41. The van der Waals surface area contributed by atoms with Gasteiger partial charge in [0.1, 0.15) is 5.75 Å². The average molecular weight is 358 g/mol. The number of amides is 1. The van der Waals surface area contributed by atoms with Gasteiger partial charge in [-0.05, 0) is 49.7 Å². The van der Waals surface area contributed by atoms with Crippen molar-refractivity contribution in [2.45, 2.75) is 26.1 Å². The standard InChI is InChI=1S/C17H15ClF3NO2/c1-10-9-12(7-8-14(10)18)24-11(2)16(23)22-15-6-4-3-5-13(15)17(19,20)21/h3-9,11H,1-2H3,(H,22,23)/t11-/m0/s1. The molecule has 3 nitrogen and oxygen atoms in total. The Labute approximate surface area is 142 Å². The molecule has 0 aliphatic rings. The monoisotopic (exact) mass is 357 g/mol. The summed E-state index contributed by atoms with van der Waals surface area (Å²) in [6, 6.07) is 9.63. The fourth-order valence-corrected chi connectivity index (χ4v) is 2.14. The number of hydrogen-bond acceptors (Lipinski definition) is 2. The summed E-state index contributed by atoms with van der Waals surface area (Å²) in [6.45, 7) is 3.23. The third-order valence-electron chi connectivity index (χ3n) is 3.30. The zero-order chi connectivity index (χ0) is 17.9. The van der Waals surface area contributed by atoms with Crippen molar-refractivity contribution in [3.8, 4) is 5.75 Å². The van der Waals surface area contributed by atoms with E-state index in [9.17, 15) is 18.0 Å². The van der Waals surface area contributed by atoms with Crippen LogP contribution in [0.1, 0.15) is 18.1 Å². The summed E-state index contributed by atoms with van der Waals surface area (Å²) in [5.74, 6) is -0.275. The minimum Gasteiger partial charge on any atom is -0.481 e. The number of benzene rings is 2. The van der Waals surface area contributed by atoms with E-state index in [1.165, 1.54) is 25.1 Å². The van der Waals surface area contributed by atoms with Gasteiger partial charge in [-0.3, -0.25) is 4.79 Å². The number of rotatable bonds is 4. The van der Waals surface area contributed by atoms with Crippen molar-refractivity contribution in [2.75, 3.05) is 5.32 Å². The number of carbonyl (C=O) groups excluding carboxylic acids is 1. The molecular formula is C17H15ClF3NO2. The Morgan fingerprint density at radius 2 is 1.88 bits per heavy atom. The van der Waals surface area contributed by atoms with Crippen LogP contribution in [0, 0.1) is 6.92 Å². The van der Waals surface area contributed by atoms with Crippen molar-refractivity contribution in [3.63, 3.8) is 0 Å². The fraction of sp³-hybridized carbons (Fsp3) is 0.235. The van der Waals surface area contributed by atoms with Crippen molar-refractivity contribution >= 4 is 23.2 Å². The fourth-order valence-electron chi connectivity index (χ4n) is 2.02. The lowest BCUT2D eigenvalue weighted by molar-refractivity contribution is -0.137. The van der Waals surface area contributed by atoms with E-state index in [1.807, 2.05) is 0 Å². The molecule has 0 fully saturated rings. The number of alkyl halides is 3. The lowest BCUT2D eigenvalue weighted by atomic mass is 10.1. The highest BCUT2D eigenvalue weighted by atomic mass is 35.5. The summed E-state index contributed by atoms with van der Waals surface area (Å²) in [5, 5.41) is 2.81. The van der Waals surface area contributed by atoms with E-state index in [2.05, 4.69) is 5.32 Å². The minimum absolute atomic E-state index is 0.308. The second-order valence-corrected chi connectivity index (χ2v) is 5.61. The maximum atomic E-state index is 12.9. The van der Waals surface area contributed by atoms with Crippen LogP contribution in [0.5, 0.6) is 5.75 Å². The highest BCUT2D eigenvalue weighted by molar-refractivity contribution is 6.31. The van der Waals surface area contributed by atoms with Crippen molar-refractivity contribution in [2.24, 2.45) is 0 Å². The van der Waals surface area contributed by atoms with Gasteiger partial charge in [0, 0.05) is 5.02 Å². The first-order chi connectivity index (χ1) is 11.2. The number of para-hydroxylation sites is 1. The van der Waals surface area contributed by atoms with Gasteiger partial charge in [0.05, 0.1) is 11.3 Å². The molecular weight excluding hydrogens is 343 g/mol. The van der Waals surface area contributed by atoms with E-state index < -0.39 is 23.8 Å². The van der Waals surface area contributed by atoms with Crippen LogP contribution < -0.4 is 10.1 Å². The first-order valence-corrected chi connectivity index (χ1v) is 7.46. The summed E-state index contributed by atoms with van der Waals surface area (Å²) >= 11 is 5.91. The van der Waals surface area contributed by atoms with E-state index in [0.29, 0.717) is 10.8 Å². The van der Waals surface area contributed by atoms with E-state index >= 15 is 0 Å². The number of carbonyl (C=O) groups is 1. The molecule has 2 aromatic carbocycles. The molecule has 2 rings (SSSR count). The number of aryl methyl sites for hydroxylation is 1. The topological polar surface area (TPSA) is 38.3 Å². The van der Waals surface area contributed by atoms with E-state index in [-0.39, 0.29) is 5.69 Å². The number of nitrogens with one attached hydrogen (secondary N) is 1. The molecule has 0 saturated carbocycles. The number of ether oxygens (including phenoxy) is 1. The molecule has 1 amide bonds. The molecule has 128 valence electrons. The maximum Gasteiger partial charge on any atom is 0.418 e. The average Bonchev–Trinajstić information content (AvgIpc) is 2.50. The van der Waals surface area contributed by atoms with Gasteiger partial charge in [-0.25, -0.2) is 0 Å². The van der Waals surface area contributed by atoms with E-state index in [0.717, 1.165) is 11.6 Å². The Morgan fingerprint density at radius 3 is 2.50 bits per heavy atom. The van der Waals surface area contributed by atoms with Crippen LogP contribution in [0.2, 0.25) is 5.02 Å². The Kier molecular flexibility index (Phi) is 5.39. The summed E-state index contributed by atoms with van der Waals surface area (Å²) in [4.78, 5) is 12.1. The molecule has 0 radical (unpaired) electrons. The van der Waals surface area contributed by atoms with Gasteiger partial charge >= 0.3 is 6.18 Å². The lowest BCUT2D eigenvalue weighted by Crippen LogP contribution is -2.31. The number of halogens is 4. The zero-order valence-electron chi connectivity index (χ0n) is 12.9. The van der Waals surface area contributed by atoms with Gasteiger partial charge in [-0.2, -0.15) is 13.2 Å². The van der Waals surface area contributed by atoms with Crippen molar-refractivity contribution in [1.82, 2.24) is 0 Å². The van der Waals surface area contributed by atoms with Crippen LogP contribution in [0.3, 0.4) is 0 Å². The SMILES string of the molecule is Cc1cc(O[C@@H](C)C(=O)Nc2ccccc2C(F)(F)F)ccc1Cl. The highest BCUT2D eigenvalue weighted by Crippen LogP contribution is 2.34.